The van der Waals surface area contributed by atoms with Gasteiger partial charge in [0.2, 0.25) is 5.91 Å². The standard InChI is InChI=1S/C26H23N3O6S/c1-15-12-18(16(2)29(15)19-10-8-17(9-11-19)25(32)33)13-22-24(31)28(26(34)36-22)14-23(30)27-20-6-4-5-7-21(20)35-3/h4-13H,14H2,1-3H3,(H,27,30)(H,32,33)/b22-13+. The number of thioether (sulfide) groups is 1. The van der Waals surface area contributed by atoms with Crippen LogP contribution in [0.15, 0.2) is 59.5 Å². The molecule has 9 nitrogen and oxygen atoms in total. The Morgan fingerprint density at radius 1 is 1.08 bits per heavy atom. The number of carboxylic acids is 1. The van der Waals surface area contributed by atoms with Crippen LogP contribution in [-0.4, -0.2) is 51.3 Å². The number of aromatic carboxylic acids is 1. The van der Waals surface area contributed by atoms with Crippen molar-refractivity contribution < 1.29 is 29.0 Å². The molecule has 2 N–H and O–H groups in total. The molecule has 36 heavy (non-hydrogen) atoms. The Hall–Kier alpha value is -4.31. The SMILES string of the molecule is COc1ccccc1NC(=O)CN1C(=O)S/C(=C/c2cc(C)n(-c3ccc(C(=O)O)cc3)c2C)C1=O. The second-order valence-corrected chi connectivity index (χ2v) is 9.02. The number of nitrogens with zero attached hydrogens (tertiary/aromatic N) is 2. The molecule has 1 fully saturated rings. The number of hydrogen-bond donors (Lipinski definition) is 2. The summed E-state index contributed by atoms with van der Waals surface area (Å²) in [5.74, 6) is -1.61. The summed E-state index contributed by atoms with van der Waals surface area (Å²) in [7, 11) is 1.48. The molecule has 0 spiro atoms. The maximum atomic E-state index is 13.0. The number of rotatable bonds is 7. The summed E-state index contributed by atoms with van der Waals surface area (Å²) < 4.78 is 7.14. The van der Waals surface area contributed by atoms with Gasteiger partial charge in [0.05, 0.1) is 23.3 Å². The van der Waals surface area contributed by atoms with Crippen molar-refractivity contribution in [3.05, 3.63) is 82.0 Å². The van der Waals surface area contributed by atoms with Gasteiger partial charge in [-0.05, 0) is 79.7 Å². The summed E-state index contributed by atoms with van der Waals surface area (Å²) in [6.45, 7) is 3.34. The van der Waals surface area contributed by atoms with E-state index in [1.807, 2.05) is 24.5 Å². The number of ether oxygens (including phenoxy) is 1. The molecule has 0 atom stereocenters. The molecule has 1 aliphatic heterocycles. The first-order valence-corrected chi connectivity index (χ1v) is 11.7. The van der Waals surface area contributed by atoms with Gasteiger partial charge in [0.15, 0.2) is 0 Å². The van der Waals surface area contributed by atoms with Crippen LogP contribution in [0.4, 0.5) is 10.5 Å². The van der Waals surface area contributed by atoms with Crippen LogP contribution in [0.3, 0.4) is 0 Å². The molecule has 4 rings (SSSR count). The Bertz CT molecular complexity index is 1410. The highest BCUT2D eigenvalue weighted by Crippen LogP contribution is 2.34. The van der Waals surface area contributed by atoms with E-state index >= 15 is 0 Å². The average molecular weight is 506 g/mol. The van der Waals surface area contributed by atoms with Crippen molar-refractivity contribution in [1.82, 2.24) is 9.47 Å². The fraction of sp³-hybridized carbons (Fsp3) is 0.154. The van der Waals surface area contributed by atoms with Gasteiger partial charge < -0.3 is 19.7 Å². The second kappa shape index (κ2) is 10.1. The van der Waals surface area contributed by atoms with Gasteiger partial charge in [0.25, 0.3) is 11.1 Å². The second-order valence-electron chi connectivity index (χ2n) is 8.03. The number of carbonyl (C=O) groups is 4. The Labute approximate surface area is 211 Å². The number of hydrogen-bond acceptors (Lipinski definition) is 6. The van der Waals surface area contributed by atoms with Crippen molar-refractivity contribution in [2.45, 2.75) is 13.8 Å². The number of carboxylic acid groups (broad SMARTS) is 1. The Morgan fingerprint density at radius 3 is 2.44 bits per heavy atom. The molecule has 0 unspecified atom stereocenters. The molecule has 2 aromatic carbocycles. The average Bonchev–Trinajstić information content (AvgIpc) is 3.28. The smallest absolute Gasteiger partial charge is 0.335 e. The monoisotopic (exact) mass is 505 g/mol. The van der Waals surface area contributed by atoms with Crippen LogP contribution in [0.25, 0.3) is 11.8 Å². The summed E-state index contributed by atoms with van der Waals surface area (Å²) in [5.41, 5.74) is 3.82. The van der Waals surface area contributed by atoms with Crippen molar-refractivity contribution in [3.8, 4) is 11.4 Å². The van der Waals surface area contributed by atoms with Crippen molar-refractivity contribution in [3.63, 3.8) is 0 Å². The normalized spacial score (nSPS) is 14.4. The molecule has 1 aliphatic rings. The Balaban J connectivity index is 1.53. The summed E-state index contributed by atoms with van der Waals surface area (Å²) in [6, 6.07) is 15.2. The highest BCUT2D eigenvalue weighted by Gasteiger charge is 2.36. The lowest BCUT2D eigenvalue weighted by Gasteiger charge is -2.14. The molecule has 2 heterocycles. The minimum atomic E-state index is -1.00. The number of para-hydroxylation sites is 2. The molecule has 0 saturated carbocycles. The van der Waals surface area contributed by atoms with Gasteiger partial charge in [-0.1, -0.05) is 12.1 Å². The van der Waals surface area contributed by atoms with E-state index in [0.717, 1.165) is 39.3 Å². The number of imide groups is 1. The maximum absolute atomic E-state index is 13.0. The van der Waals surface area contributed by atoms with E-state index in [1.165, 1.54) is 19.2 Å². The number of benzene rings is 2. The van der Waals surface area contributed by atoms with E-state index in [-0.39, 0.29) is 10.5 Å². The fourth-order valence-electron chi connectivity index (χ4n) is 3.94. The van der Waals surface area contributed by atoms with E-state index in [9.17, 15) is 19.2 Å². The third-order valence-corrected chi connectivity index (χ3v) is 6.59. The van der Waals surface area contributed by atoms with Crippen LogP contribution in [0.5, 0.6) is 5.75 Å². The number of nitrogens with one attached hydrogen (secondary N) is 1. The van der Waals surface area contributed by atoms with Crippen LogP contribution in [-0.2, 0) is 9.59 Å². The van der Waals surface area contributed by atoms with Gasteiger partial charge in [-0.15, -0.1) is 0 Å². The van der Waals surface area contributed by atoms with Crippen LogP contribution in [0, 0.1) is 13.8 Å². The molecule has 0 aliphatic carbocycles. The van der Waals surface area contributed by atoms with Crippen LogP contribution in [0.2, 0.25) is 0 Å². The molecule has 3 aromatic rings. The molecule has 0 bridgehead atoms. The topological polar surface area (TPSA) is 118 Å². The number of anilines is 1. The molecule has 184 valence electrons. The van der Waals surface area contributed by atoms with Crippen molar-refractivity contribution in [1.29, 1.82) is 0 Å². The zero-order chi connectivity index (χ0) is 26.0. The molecule has 3 amide bonds. The maximum Gasteiger partial charge on any atom is 0.335 e. The van der Waals surface area contributed by atoms with E-state index in [0.29, 0.717) is 11.4 Å². The van der Waals surface area contributed by atoms with Crippen LogP contribution >= 0.6 is 11.8 Å². The number of methoxy groups -OCH3 is 1. The Morgan fingerprint density at radius 2 is 1.78 bits per heavy atom. The zero-order valence-corrected chi connectivity index (χ0v) is 20.6. The summed E-state index contributed by atoms with van der Waals surface area (Å²) in [5, 5.41) is 11.3. The Kier molecular flexibility index (Phi) is 6.98. The lowest BCUT2D eigenvalue weighted by molar-refractivity contribution is -0.127. The highest BCUT2D eigenvalue weighted by molar-refractivity contribution is 8.18. The molecular formula is C26H23N3O6S. The third kappa shape index (κ3) is 4.89. The number of amides is 3. The van der Waals surface area contributed by atoms with E-state index in [4.69, 9.17) is 9.84 Å². The highest BCUT2D eigenvalue weighted by atomic mass is 32.2. The summed E-state index contributed by atoms with van der Waals surface area (Å²) in [4.78, 5) is 50.3. The number of carbonyl (C=O) groups excluding carboxylic acids is 3. The van der Waals surface area contributed by atoms with Crippen molar-refractivity contribution >= 4 is 46.5 Å². The molecular weight excluding hydrogens is 482 g/mol. The van der Waals surface area contributed by atoms with Crippen LogP contribution < -0.4 is 10.1 Å². The van der Waals surface area contributed by atoms with E-state index in [2.05, 4.69) is 5.32 Å². The van der Waals surface area contributed by atoms with Crippen molar-refractivity contribution in [2.24, 2.45) is 0 Å². The lowest BCUT2D eigenvalue weighted by Crippen LogP contribution is -2.36. The van der Waals surface area contributed by atoms with Gasteiger partial charge in [-0.3, -0.25) is 19.3 Å². The summed E-state index contributed by atoms with van der Waals surface area (Å²) >= 11 is 0.777. The first-order chi connectivity index (χ1) is 17.2. The molecule has 10 heteroatoms. The van der Waals surface area contributed by atoms with Gasteiger partial charge >= 0.3 is 5.97 Å². The van der Waals surface area contributed by atoms with Crippen molar-refractivity contribution in [2.75, 3.05) is 19.0 Å². The van der Waals surface area contributed by atoms with E-state index in [1.54, 1.807) is 42.5 Å². The molecule has 1 saturated heterocycles. The summed E-state index contributed by atoms with van der Waals surface area (Å²) in [6.07, 6.45) is 1.63. The minimum absolute atomic E-state index is 0.185. The predicted molar refractivity (Wildman–Crippen MR) is 137 cm³/mol. The lowest BCUT2D eigenvalue weighted by atomic mass is 10.2. The van der Waals surface area contributed by atoms with Gasteiger partial charge in [-0.2, -0.15) is 0 Å². The number of aromatic nitrogens is 1. The minimum Gasteiger partial charge on any atom is -0.495 e. The van der Waals surface area contributed by atoms with E-state index < -0.39 is 29.6 Å². The van der Waals surface area contributed by atoms with Crippen LogP contribution in [0.1, 0.15) is 27.3 Å². The number of aryl methyl sites for hydroxylation is 1. The fourth-order valence-corrected chi connectivity index (χ4v) is 4.77. The molecule has 1 aromatic heterocycles. The largest absolute Gasteiger partial charge is 0.495 e. The van der Waals surface area contributed by atoms with Gasteiger partial charge in [-0.25, -0.2) is 4.79 Å². The third-order valence-electron chi connectivity index (χ3n) is 5.69. The first-order valence-electron chi connectivity index (χ1n) is 10.9. The molecule has 0 radical (unpaired) electrons. The van der Waals surface area contributed by atoms with Gasteiger partial charge in [0, 0.05) is 17.1 Å². The zero-order valence-electron chi connectivity index (χ0n) is 19.8. The quantitative estimate of drug-likeness (QED) is 0.455. The van der Waals surface area contributed by atoms with Gasteiger partial charge in [0.1, 0.15) is 12.3 Å². The first kappa shape index (κ1) is 24.8. The predicted octanol–water partition coefficient (Wildman–Crippen LogP) is 4.48.